The lowest BCUT2D eigenvalue weighted by molar-refractivity contribution is -0.137. The van der Waals surface area contributed by atoms with Crippen LogP contribution in [0.2, 0.25) is 0 Å². The zero-order valence-corrected chi connectivity index (χ0v) is 6.66. The van der Waals surface area contributed by atoms with Crippen molar-refractivity contribution >= 4 is 5.97 Å². The first-order chi connectivity index (χ1) is 5.02. The van der Waals surface area contributed by atoms with Gasteiger partial charge in [-0.3, -0.25) is 4.79 Å². The SMILES string of the molecule is C[C@@H](O)C[C@H](N)CCC(=O)O. The summed E-state index contributed by atoms with van der Waals surface area (Å²) in [5.74, 6) is -0.842. The van der Waals surface area contributed by atoms with Gasteiger partial charge in [-0.1, -0.05) is 0 Å². The largest absolute Gasteiger partial charge is 0.481 e. The Labute approximate surface area is 66.0 Å². The molecule has 0 amide bonds. The Morgan fingerprint density at radius 3 is 2.55 bits per heavy atom. The van der Waals surface area contributed by atoms with Gasteiger partial charge in [0, 0.05) is 12.5 Å². The van der Waals surface area contributed by atoms with Crippen molar-refractivity contribution in [1.29, 1.82) is 0 Å². The van der Waals surface area contributed by atoms with Crippen LogP contribution in [0.15, 0.2) is 0 Å². The molecule has 66 valence electrons. The van der Waals surface area contributed by atoms with Crippen molar-refractivity contribution in [3.8, 4) is 0 Å². The van der Waals surface area contributed by atoms with E-state index in [1.165, 1.54) is 0 Å². The molecule has 4 nitrogen and oxygen atoms in total. The molecule has 0 aliphatic carbocycles. The van der Waals surface area contributed by atoms with Crippen molar-refractivity contribution in [3.05, 3.63) is 0 Å². The van der Waals surface area contributed by atoms with Crippen LogP contribution in [0.5, 0.6) is 0 Å². The maximum atomic E-state index is 10.1. The number of carboxylic acids is 1. The van der Waals surface area contributed by atoms with Crippen LogP contribution in [0, 0.1) is 0 Å². The number of aliphatic hydroxyl groups excluding tert-OH is 1. The maximum Gasteiger partial charge on any atom is 0.303 e. The molecule has 11 heavy (non-hydrogen) atoms. The lowest BCUT2D eigenvalue weighted by Crippen LogP contribution is -2.25. The van der Waals surface area contributed by atoms with E-state index in [0.717, 1.165) is 0 Å². The average Bonchev–Trinajstić information content (AvgIpc) is 1.82. The van der Waals surface area contributed by atoms with E-state index >= 15 is 0 Å². The van der Waals surface area contributed by atoms with Crippen molar-refractivity contribution in [2.24, 2.45) is 5.73 Å². The molecule has 0 bridgehead atoms. The predicted octanol–water partition coefficient (Wildman–Crippen LogP) is -0.0506. The molecule has 0 fully saturated rings. The van der Waals surface area contributed by atoms with Crippen LogP contribution in [0.25, 0.3) is 0 Å². The van der Waals surface area contributed by atoms with E-state index < -0.39 is 12.1 Å². The molecule has 0 unspecified atom stereocenters. The quantitative estimate of drug-likeness (QED) is 0.528. The molecule has 0 aliphatic heterocycles. The number of nitrogens with two attached hydrogens (primary N) is 1. The molecule has 0 aromatic carbocycles. The summed E-state index contributed by atoms with van der Waals surface area (Å²) < 4.78 is 0. The second-order valence-corrected chi connectivity index (χ2v) is 2.78. The van der Waals surface area contributed by atoms with E-state index in [1.807, 2.05) is 0 Å². The standard InChI is InChI=1S/C7H15NO3/c1-5(9)4-6(8)2-3-7(10)11/h5-6,9H,2-4,8H2,1H3,(H,10,11)/t5-,6-/m1/s1. The number of aliphatic hydroxyl groups is 1. The van der Waals surface area contributed by atoms with Crippen molar-refractivity contribution in [2.45, 2.75) is 38.3 Å². The van der Waals surface area contributed by atoms with Gasteiger partial charge in [-0.05, 0) is 19.8 Å². The van der Waals surface area contributed by atoms with Crippen LogP contribution in [0.3, 0.4) is 0 Å². The Kier molecular flexibility index (Phi) is 4.81. The molecular weight excluding hydrogens is 146 g/mol. The van der Waals surface area contributed by atoms with Gasteiger partial charge in [-0.25, -0.2) is 0 Å². The highest BCUT2D eigenvalue weighted by atomic mass is 16.4. The van der Waals surface area contributed by atoms with E-state index in [1.54, 1.807) is 6.92 Å². The first-order valence-corrected chi connectivity index (χ1v) is 3.67. The van der Waals surface area contributed by atoms with E-state index in [2.05, 4.69) is 0 Å². The minimum absolute atomic E-state index is 0.0773. The Hall–Kier alpha value is -0.610. The Morgan fingerprint density at radius 2 is 2.18 bits per heavy atom. The molecule has 0 heterocycles. The molecule has 0 saturated carbocycles. The van der Waals surface area contributed by atoms with Crippen LogP contribution in [-0.4, -0.2) is 28.3 Å². The minimum Gasteiger partial charge on any atom is -0.481 e. The summed E-state index contributed by atoms with van der Waals surface area (Å²) in [5, 5.41) is 17.1. The van der Waals surface area contributed by atoms with Gasteiger partial charge in [0.25, 0.3) is 0 Å². The number of carboxylic acid groups (broad SMARTS) is 1. The molecule has 0 aromatic heterocycles. The van der Waals surface area contributed by atoms with Crippen LogP contribution >= 0.6 is 0 Å². The smallest absolute Gasteiger partial charge is 0.303 e. The van der Waals surface area contributed by atoms with Gasteiger partial charge in [0.05, 0.1) is 6.10 Å². The molecule has 4 heteroatoms. The Morgan fingerprint density at radius 1 is 1.64 bits per heavy atom. The van der Waals surface area contributed by atoms with Gasteiger partial charge in [-0.2, -0.15) is 0 Å². The number of hydrogen-bond donors (Lipinski definition) is 3. The summed E-state index contributed by atoms with van der Waals surface area (Å²) in [4.78, 5) is 10.1. The maximum absolute atomic E-state index is 10.1. The highest BCUT2D eigenvalue weighted by molar-refractivity contribution is 5.66. The Bertz CT molecular complexity index is 125. The fourth-order valence-corrected chi connectivity index (χ4v) is 0.865. The highest BCUT2D eigenvalue weighted by Crippen LogP contribution is 2.01. The van der Waals surface area contributed by atoms with Gasteiger partial charge in [0.2, 0.25) is 0 Å². The molecule has 2 atom stereocenters. The first kappa shape index (κ1) is 10.4. The van der Waals surface area contributed by atoms with Gasteiger partial charge in [-0.15, -0.1) is 0 Å². The van der Waals surface area contributed by atoms with Crippen molar-refractivity contribution in [1.82, 2.24) is 0 Å². The third kappa shape index (κ3) is 7.29. The van der Waals surface area contributed by atoms with Gasteiger partial charge in [0.1, 0.15) is 0 Å². The molecule has 0 aliphatic rings. The fraction of sp³-hybridized carbons (Fsp3) is 0.857. The second-order valence-electron chi connectivity index (χ2n) is 2.78. The summed E-state index contributed by atoms with van der Waals surface area (Å²) in [6.07, 6.45) is 0.528. The molecule has 0 spiro atoms. The summed E-state index contributed by atoms with van der Waals surface area (Å²) in [6.45, 7) is 1.64. The first-order valence-electron chi connectivity index (χ1n) is 3.67. The molecule has 0 radical (unpaired) electrons. The van der Waals surface area contributed by atoms with Crippen LogP contribution in [0.4, 0.5) is 0 Å². The van der Waals surface area contributed by atoms with E-state index in [-0.39, 0.29) is 12.5 Å². The van der Waals surface area contributed by atoms with E-state index in [9.17, 15) is 4.79 Å². The number of hydrogen-bond acceptors (Lipinski definition) is 3. The zero-order chi connectivity index (χ0) is 8.85. The molecular formula is C7H15NO3. The third-order valence-electron chi connectivity index (χ3n) is 1.37. The van der Waals surface area contributed by atoms with Crippen LogP contribution < -0.4 is 5.73 Å². The zero-order valence-electron chi connectivity index (χ0n) is 6.66. The second kappa shape index (κ2) is 5.09. The van der Waals surface area contributed by atoms with Crippen molar-refractivity contribution in [2.75, 3.05) is 0 Å². The van der Waals surface area contributed by atoms with Crippen molar-refractivity contribution < 1.29 is 15.0 Å². The van der Waals surface area contributed by atoms with Crippen molar-refractivity contribution in [3.63, 3.8) is 0 Å². The molecule has 0 saturated heterocycles. The third-order valence-corrected chi connectivity index (χ3v) is 1.37. The van der Waals surface area contributed by atoms with Gasteiger partial charge >= 0.3 is 5.97 Å². The fourth-order valence-electron chi connectivity index (χ4n) is 0.865. The Balaban J connectivity index is 3.37. The summed E-state index contributed by atoms with van der Waals surface area (Å²) in [5.41, 5.74) is 5.50. The normalized spacial score (nSPS) is 15.9. The monoisotopic (exact) mass is 161 g/mol. The number of rotatable bonds is 5. The number of aliphatic carboxylic acids is 1. The van der Waals surface area contributed by atoms with Gasteiger partial charge in [0.15, 0.2) is 0 Å². The van der Waals surface area contributed by atoms with E-state index in [0.29, 0.717) is 12.8 Å². The van der Waals surface area contributed by atoms with Crippen LogP contribution in [0.1, 0.15) is 26.2 Å². The van der Waals surface area contributed by atoms with Crippen LogP contribution in [-0.2, 0) is 4.79 Å². The summed E-state index contributed by atoms with van der Waals surface area (Å²) in [6, 6.07) is -0.203. The predicted molar refractivity (Wildman–Crippen MR) is 41.1 cm³/mol. The topological polar surface area (TPSA) is 83.5 Å². The van der Waals surface area contributed by atoms with Gasteiger partial charge < -0.3 is 15.9 Å². The molecule has 0 rings (SSSR count). The highest BCUT2D eigenvalue weighted by Gasteiger charge is 2.07. The summed E-state index contributed by atoms with van der Waals surface area (Å²) >= 11 is 0. The molecule has 0 aromatic rings. The lowest BCUT2D eigenvalue weighted by atomic mass is 10.1. The molecule has 4 N–H and O–H groups in total. The number of carbonyl (C=O) groups is 1. The lowest BCUT2D eigenvalue weighted by Gasteiger charge is -2.11. The minimum atomic E-state index is -0.842. The summed E-state index contributed by atoms with van der Waals surface area (Å²) in [7, 11) is 0. The average molecular weight is 161 g/mol. The van der Waals surface area contributed by atoms with E-state index in [4.69, 9.17) is 15.9 Å².